The van der Waals surface area contributed by atoms with E-state index in [0.29, 0.717) is 11.1 Å². The minimum atomic E-state index is -2.28. The van der Waals surface area contributed by atoms with E-state index in [4.69, 9.17) is 4.74 Å². The first-order valence-electron chi connectivity index (χ1n) is 14.7. The van der Waals surface area contributed by atoms with Crippen LogP contribution >= 0.6 is 0 Å². The van der Waals surface area contributed by atoms with Crippen molar-refractivity contribution < 1.29 is 39.9 Å². The van der Waals surface area contributed by atoms with Crippen LogP contribution in [0.5, 0.6) is 5.75 Å². The van der Waals surface area contributed by atoms with Crippen LogP contribution in [0.1, 0.15) is 71.8 Å². The predicted molar refractivity (Wildman–Crippen MR) is 160 cm³/mol. The number of anilines is 2. The zero-order valence-corrected chi connectivity index (χ0v) is 25.5. The molecule has 0 amide bonds. The van der Waals surface area contributed by atoms with Crippen LogP contribution in [0, 0.1) is 46.5 Å². The maximum absolute atomic E-state index is 15.5. The number of hydrogen-bond donors (Lipinski definition) is 1. The summed E-state index contributed by atoms with van der Waals surface area (Å²) in [4.78, 5) is 0. The molecule has 0 bridgehead atoms. The first-order chi connectivity index (χ1) is 21.3. The lowest BCUT2D eigenvalue weighted by atomic mass is 9.90. The van der Waals surface area contributed by atoms with Crippen molar-refractivity contribution in [3.63, 3.8) is 0 Å². The van der Waals surface area contributed by atoms with Crippen LogP contribution in [0.15, 0.2) is 48.5 Å². The molecule has 4 rings (SSSR count). The van der Waals surface area contributed by atoms with Crippen LogP contribution in [0.4, 0.5) is 46.5 Å². The van der Waals surface area contributed by atoms with E-state index in [2.05, 4.69) is 5.32 Å². The van der Waals surface area contributed by atoms with Crippen molar-refractivity contribution in [1.29, 1.82) is 0 Å². The summed E-state index contributed by atoms with van der Waals surface area (Å²) in [5.74, 6) is -18.7. The molecule has 0 radical (unpaired) electrons. The van der Waals surface area contributed by atoms with Gasteiger partial charge >= 0.3 is 0 Å². The average Bonchev–Trinajstić information content (AvgIpc) is 3.06. The van der Waals surface area contributed by atoms with Crippen molar-refractivity contribution in [3.05, 3.63) is 101 Å². The molecule has 1 N–H and O–H groups in total. The van der Waals surface area contributed by atoms with Crippen LogP contribution < -0.4 is 10.1 Å². The third kappa shape index (κ3) is 6.24. The summed E-state index contributed by atoms with van der Waals surface area (Å²) in [7, 11) is 0. The van der Waals surface area contributed by atoms with Crippen molar-refractivity contribution in [2.45, 2.75) is 71.8 Å². The second-order valence-electron chi connectivity index (χ2n) is 11.0. The summed E-state index contributed by atoms with van der Waals surface area (Å²) in [6.07, 6.45) is 2.01. The van der Waals surface area contributed by atoms with Gasteiger partial charge in [0.25, 0.3) is 0 Å². The van der Waals surface area contributed by atoms with Gasteiger partial charge in [-0.2, -0.15) is 8.78 Å². The molecule has 0 aliphatic carbocycles. The molecule has 4 aromatic rings. The Hall–Kier alpha value is -4.08. The molecule has 10 heteroatoms. The van der Waals surface area contributed by atoms with E-state index in [1.54, 1.807) is 56.3 Å². The summed E-state index contributed by atoms with van der Waals surface area (Å²) >= 11 is 0. The van der Waals surface area contributed by atoms with Crippen LogP contribution in [0.25, 0.3) is 22.3 Å². The molecule has 0 aliphatic heterocycles. The van der Waals surface area contributed by atoms with Crippen molar-refractivity contribution in [2.24, 2.45) is 0 Å². The maximum atomic E-state index is 15.5. The first-order valence-corrected chi connectivity index (χ1v) is 14.7. The van der Waals surface area contributed by atoms with Gasteiger partial charge in [0.05, 0.1) is 11.1 Å². The molecule has 0 saturated carbocycles. The molecule has 0 spiro atoms. The second-order valence-corrected chi connectivity index (χ2v) is 11.0. The zero-order valence-electron chi connectivity index (χ0n) is 25.5. The van der Waals surface area contributed by atoms with E-state index < -0.39 is 74.7 Å². The Morgan fingerprint density at radius 3 is 1.60 bits per heavy atom. The highest BCUT2D eigenvalue weighted by molar-refractivity contribution is 5.83. The highest BCUT2D eigenvalue weighted by atomic mass is 19.2. The standard InChI is InChI=1S/C35H33F8NO/c1-6-18(7-2)20-15-16-22(21(17-20)19-13-11-10-12-14-19)44-33-29(40)25(36)23(26(37)30(33)41)24-27(38)31(42)34(32(43)28(24)39)45-35(5,8-3)9-4/h10-18,44H,6-9H2,1-5H3. The number of halogens is 8. The molecule has 0 aliphatic rings. The lowest BCUT2D eigenvalue weighted by Gasteiger charge is -2.29. The van der Waals surface area contributed by atoms with Crippen molar-refractivity contribution in [3.8, 4) is 28.0 Å². The smallest absolute Gasteiger partial charge is 0.204 e. The molecular formula is C35H33F8NO. The minimum absolute atomic E-state index is 0.0751. The molecule has 45 heavy (non-hydrogen) atoms. The Balaban J connectivity index is 1.88. The van der Waals surface area contributed by atoms with E-state index in [0.717, 1.165) is 18.4 Å². The molecule has 0 fully saturated rings. The fraction of sp³-hybridized carbons (Fsp3) is 0.314. The van der Waals surface area contributed by atoms with E-state index in [1.165, 1.54) is 13.0 Å². The number of benzene rings is 4. The Kier molecular flexibility index (Phi) is 10.1. The van der Waals surface area contributed by atoms with Gasteiger partial charge in [-0.25, -0.2) is 26.3 Å². The molecule has 240 valence electrons. The first kappa shape index (κ1) is 33.8. The summed E-state index contributed by atoms with van der Waals surface area (Å²) in [5.41, 5.74) is -4.34. The quantitative estimate of drug-likeness (QED) is 0.131. The Labute approximate surface area is 257 Å². The van der Waals surface area contributed by atoms with Gasteiger partial charge in [-0.1, -0.05) is 64.1 Å². The van der Waals surface area contributed by atoms with Gasteiger partial charge in [0, 0.05) is 11.3 Å². The lowest BCUT2D eigenvalue weighted by molar-refractivity contribution is 0.0681. The highest BCUT2D eigenvalue weighted by Gasteiger charge is 2.36. The normalized spacial score (nSPS) is 11.8. The zero-order chi connectivity index (χ0) is 33.2. The van der Waals surface area contributed by atoms with E-state index in [9.17, 15) is 0 Å². The predicted octanol–water partition coefficient (Wildman–Crippen LogP) is 11.7. The third-order valence-electron chi connectivity index (χ3n) is 8.43. The monoisotopic (exact) mass is 635 g/mol. The van der Waals surface area contributed by atoms with Crippen LogP contribution in [-0.2, 0) is 0 Å². The SMILES string of the molecule is CCC(CC)c1ccc(Nc2c(F)c(F)c(-c3c(F)c(F)c(OC(C)(CC)CC)c(F)c3F)c(F)c2F)c(-c2ccccc2)c1. The molecular weight excluding hydrogens is 602 g/mol. The maximum Gasteiger partial charge on any atom is 0.204 e. The molecule has 4 aromatic carbocycles. The molecule has 0 unspecified atom stereocenters. The fourth-order valence-corrected chi connectivity index (χ4v) is 5.20. The second kappa shape index (κ2) is 13.5. The van der Waals surface area contributed by atoms with Gasteiger partial charge in [-0.05, 0) is 61.8 Å². The van der Waals surface area contributed by atoms with Gasteiger partial charge in [0.2, 0.25) is 11.6 Å². The van der Waals surface area contributed by atoms with Gasteiger partial charge in [-0.3, -0.25) is 0 Å². The topological polar surface area (TPSA) is 21.3 Å². The Morgan fingerprint density at radius 2 is 1.13 bits per heavy atom. The summed E-state index contributed by atoms with van der Waals surface area (Å²) in [6.45, 7) is 8.68. The van der Waals surface area contributed by atoms with Crippen molar-refractivity contribution >= 4 is 11.4 Å². The fourth-order valence-electron chi connectivity index (χ4n) is 5.20. The molecule has 0 aromatic heterocycles. The number of nitrogens with one attached hydrogen (secondary N) is 1. The Bertz CT molecular complexity index is 1640. The highest BCUT2D eigenvalue weighted by Crippen LogP contribution is 2.43. The molecule has 2 nitrogen and oxygen atoms in total. The molecule has 0 atom stereocenters. The summed E-state index contributed by atoms with van der Waals surface area (Å²) < 4.78 is 127. The van der Waals surface area contributed by atoms with Crippen LogP contribution in [-0.4, -0.2) is 5.60 Å². The molecule has 0 saturated heterocycles. The van der Waals surface area contributed by atoms with E-state index in [-0.39, 0.29) is 24.4 Å². The van der Waals surface area contributed by atoms with Gasteiger partial charge < -0.3 is 10.1 Å². The number of hydrogen-bond acceptors (Lipinski definition) is 2. The summed E-state index contributed by atoms with van der Waals surface area (Å²) in [6, 6.07) is 13.7. The van der Waals surface area contributed by atoms with Crippen molar-refractivity contribution in [2.75, 3.05) is 5.32 Å². The van der Waals surface area contributed by atoms with Gasteiger partial charge in [0.1, 0.15) is 11.3 Å². The Morgan fingerprint density at radius 1 is 0.644 bits per heavy atom. The third-order valence-corrected chi connectivity index (χ3v) is 8.43. The number of rotatable bonds is 11. The van der Waals surface area contributed by atoms with E-state index >= 15 is 35.1 Å². The van der Waals surface area contributed by atoms with Crippen LogP contribution in [0.3, 0.4) is 0 Å². The summed E-state index contributed by atoms with van der Waals surface area (Å²) in [5, 5.41) is 2.38. The van der Waals surface area contributed by atoms with Crippen LogP contribution in [0.2, 0.25) is 0 Å². The van der Waals surface area contributed by atoms with E-state index in [1.807, 2.05) is 13.8 Å². The van der Waals surface area contributed by atoms with Gasteiger partial charge in [0.15, 0.2) is 40.7 Å². The lowest BCUT2D eigenvalue weighted by Crippen LogP contribution is -2.31. The largest absolute Gasteiger partial charge is 0.481 e. The average molecular weight is 636 g/mol. The van der Waals surface area contributed by atoms with Crippen molar-refractivity contribution in [1.82, 2.24) is 0 Å². The molecule has 0 heterocycles. The van der Waals surface area contributed by atoms with Gasteiger partial charge in [-0.15, -0.1) is 0 Å². The number of ether oxygens (including phenoxy) is 1. The minimum Gasteiger partial charge on any atom is -0.481 e.